The fourth-order valence-corrected chi connectivity index (χ4v) is 5.78. The van der Waals surface area contributed by atoms with E-state index in [1.165, 1.54) is 49.5 Å². The Morgan fingerprint density at radius 1 is 1.00 bits per heavy atom. The molecule has 3 nitrogen and oxygen atoms in total. The van der Waals surface area contributed by atoms with Crippen LogP contribution in [0.2, 0.25) is 0 Å². The van der Waals surface area contributed by atoms with Crippen LogP contribution < -0.4 is 5.32 Å². The molecular formula is C39H49BN2O. The van der Waals surface area contributed by atoms with Crippen molar-refractivity contribution in [1.29, 1.82) is 0 Å². The van der Waals surface area contributed by atoms with Crippen LogP contribution >= 0.6 is 0 Å². The molecule has 0 bridgehead atoms. The van der Waals surface area contributed by atoms with Gasteiger partial charge in [-0.15, -0.1) is 0 Å². The van der Waals surface area contributed by atoms with Gasteiger partial charge in [-0.2, -0.15) is 0 Å². The molecule has 2 aromatic carbocycles. The maximum absolute atomic E-state index is 5.49. The van der Waals surface area contributed by atoms with Gasteiger partial charge in [0.1, 0.15) is 0 Å². The van der Waals surface area contributed by atoms with E-state index in [1.807, 2.05) is 0 Å². The number of rotatable bonds is 13. The van der Waals surface area contributed by atoms with Crippen molar-refractivity contribution in [2.75, 3.05) is 39.4 Å². The number of hydrogen-bond donors (Lipinski definition) is 1. The predicted molar refractivity (Wildman–Crippen MR) is 188 cm³/mol. The van der Waals surface area contributed by atoms with Gasteiger partial charge >= 0.3 is 261 Å². The van der Waals surface area contributed by atoms with E-state index < -0.39 is 0 Å². The number of benzene rings is 2. The Balaban J connectivity index is 1.65. The zero-order valence-corrected chi connectivity index (χ0v) is 26.9. The Hall–Kier alpha value is -3.31. The van der Waals surface area contributed by atoms with Gasteiger partial charge in [-0.25, -0.2) is 0 Å². The second-order valence-corrected chi connectivity index (χ2v) is 11.7. The second kappa shape index (κ2) is 17.1. The summed E-state index contributed by atoms with van der Waals surface area (Å²) in [4.78, 5) is 2.51. The number of ether oxygens (including phenoxy) is 1. The minimum atomic E-state index is 0.188. The molecule has 1 atom stereocenters. The third kappa shape index (κ3) is 9.86. The molecule has 1 aromatic heterocycles. The van der Waals surface area contributed by atoms with Crippen LogP contribution in [-0.4, -0.2) is 51.2 Å². The molecule has 0 radical (unpaired) electrons. The molecule has 1 aliphatic heterocycles. The summed E-state index contributed by atoms with van der Waals surface area (Å²) in [6.45, 7) is 19.9. The van der Waals surface area contributed by atoms with Crippen LogP contribution in [0.25, 0.3) is 21.8 Å². The van der Waals surface area contributed by atoms with Gasteiger partial charge in [0.15, 0.2) is 0 Å². The Morgan fingerprint density at radius 3 is 2.60 bits per heavy atom. The normalized spacial score (nSPS) is 16.2. The van der Waals surface area contributed by atoms with E-state index >= 15 is 0 Å². The van der Waals surface area contributed by atoms with Gasteiger partial charge in [-0.1, -0.05) is 0 Å². The molecule has 224 valence electrons. The summed E-state index contributed by atoms with van der Waals surface area (Å²) >= 11 is 0. The fraction of sp³-hybridized carbons (Fsp3) is 0.359. The summed E-state index contributed by atoms with van der Waals surface area (Å²) in [6.07, 6.45) is 18.6. The number of aryl methyl sites for hydroxylation is 1. The molecule has 0 amide bonds. The van der Waals surface area contributed by atoms with Gasteiger partial charge in [0.25, 0.3) is 0 Å². The summed E-state index contributed by atoms with van der Waals surface area (Å²) in [5.74, 6) is 0.188. The average molecular weight is 573 g/mol. The van der Waals surface area contributed by atoms with Crippen molar-refractivity contribution in [3.8, 4) is 11.1 Å². The van der Waals surface area contributed by atoms with Crippen LogP contribution in [-0.2, 0) is 11.3 Å². The molecule has 0 spiro atoms. The minimum absolute atomic E-state index is 0.188. The van der Waals surface area contributed by atoms with Crippen LogP contribution in [0.5, 0.6) is 0 Å². The number of nitrogens with zero attached hydrogens (tertiary/aromatic N) is 1. The first-order valence-electron chi connectivity index (χ1n) is 15.9. The molecule has 0 saturated carbocycles. The third-order valence-electron chi connectivity index (χ3n) is 8.12. The summed E-state index contributed by atoms with van der Waals surface area (Å²) in [5, 5.41) is 6.30. The first-order chi connectivity index (χ1) is 21.0. The van der Waals surface area contributed by atoms with E-state index in [2.05, 4.69) is 149 Å². The molecule has 1 N–H and O–H groups in total. The van der Waals surface area contributed by atoms with Crippen LogP contribution in [0.3, 0.4) is 0 Å². The molecule has 1 unspecified atom stereocenters. The molecule has 1 aliphatic rings. The van der Waals surface area contributed by atoms with Crippen LogP contribution in [0.15, 0.2) is 108 Å². The van der Waals surface area contributed by atoms with Crippen molar-refractivity contribution in [2.45, 2.75) is 53.5 Å². The quantitative estimate of drug-likeness (QED) is 0.164. The van der Waals surface area contributed by atoms with Crippen molar-refractivity contribution >= 4 is 17.6 Å². The number of allylic oxidation sites excluding steroid dienone is 10. The Kier molecular flexibility index (Phi) is 13.0. The van der Waals surface area contributed by atoms with Gasteiger partial charge in [0.05, 0.1) is 0 Å². The molecule has 2 heterocycles. The zero-order valence-electron chi connectivity index (χ0n) is 26.9. The van der Waals surface area contributed by atoms with E-state index in [9.17, 15) is 0 Å². The van der Waals surface area contributed by atoms with Gasteiger partial charge in [0.2, 0.25) is 0 Å². The summed E-state index contributed by atoms with van der Waals surface area (Å²) < 4.78 is 5.49. The Morgan fingerprint density at radius 2 is 1.84 bits per heavy atom. The van der Waals surface area contributed by atoms with Crippen molar-refractivity contribution in [3.63, 3.8) is 0 Å². The van der Waals surface area contributed by atoms with E-state index in [-0.39, 0.29) is 5.92 Å². The molecule has 4 rings (SSSR count). The summed E-state index contributed by atoms with van der Waals surface area (Å²) in [7, 11) is 0. The molecule has 1 fully saturated rings. The summed E-state index contributed by atoms with van der Waals surface area (Å²) in [6, 6.07) is 18.3. The monoisotopic (exact) mass is 572 g/mol. The first kappa shape index (κ1) is 32.6. The van der Waals surface area contributed by atoms with Crippen LogP contribution in [0, 0.1) is 6.92 Å². The molecule has 1 saturated heterocycles. The third-order valence-corrected chi connectivity index (χ3v) is 8.12. The molecule has 0 aliphatic carbocycles. The topological polar surface area (TPSA) is 24.5 Å². The van der Waals surface area contributed by atoms with Gasteiger partial charge in [0, 0.05) is 0 Å². The number of hydrogen-bond acceptors (Lipinski definition) is 3. The maximum atomic E-state index is 5.49. The molecule has 43 heavy (non-hydrogen) atoms. The molecule has 3 aromatic rings. The van der Waals surface area contributed by atoms with E-state index in [1.54, 1.807) is 0 Å². The van der Waals surface area contributed by atoms with Gasteiger partial charge in [-0.05, 0) is 0 Å². The van der Waals surface area contributed by atoms with Gasteiger partial charge in [-0.3, -0.25) is 0 Å². The molecule has 4 heteroatoms. The molecular weight excluding hydrogens is 523 g/mol. The zero-order chi connectivity index (χ0) is 30.4. The summed E-state index contributed by atoms with van der Waals surface area (Å²) in [5.41, 5.74) is 9.05. The Labute approximate surface area is 260 Å². The SMILES string of the molecule is C/C=C\C=C(/C)C(/C=C/C=C(C)\C=C/C)c1ccc2bc(CNCCCN3CCOCC3)cc(-c3cccc(C)c3)c2c1. The van der Waals surface area contributed by atoms with Crippen LogP contribution in [0.4, 0.5) is 0 Å². The van der Waals surface area contributed by atoms with Crippen molar-refractivity contribution < 1.29 is 4.74 Å². The number of morpholine rings is 1. The van der Waals surface area contributed by atoms with Crippen molar-refractivity contribution in [1.82, 2.24) is 10.2 Å². The average Bonchev–Trinajstić information content (AvgIpc) is 3.02. The van der Waals surface area contributed by atoms with Crippen molar-refractivity contribution in [2.24, 2.45) is 0 Å². The van der Waals surface area contributed by atoms with Gasteiger partial charge < -0.3 is 0 Å². The van der Waals surface area contributed by atoms with Crippen molar-refractivity contribution in [3.05, 3.63) is 125 Å². The second-order valence-electron chi connectivity index (χ2n) is 11.7. The number of nitrogens with one attached hydrogen (secondary N) is 1. The fourth-order valence-electron chi connectivity index (χ4n) is 5.78. The van der Waals surface area contributed by atoms with E-state index in [0.717, 1.165) is 52.4 Å². The Bertz CT molecular complexity index is 1490. The first-order valence-corrected chi connectivity index (χ1v) is 15.9. The van der Waals surface area contributed by atoms with E-state index in [4.69, 9.17) is 4.74 Å². The van der Waals surface area contributed by atoms with Crippen LogP contribution in [0.1, 0.15) is 56.6 Å². The standard InChI is InChI=1S/C39H49BN2O/c1-6-8-15-32(5)36(17-10-13-30(3)12-7-2)34-18-19-39-38(27-34)37(33-16-9-14-31(4)26-33)28-35(40-39)29-41-20-11-21-42-22-24-43-25-23-42/h6-10,12-19,26-28,36,41H,11,20-25,29H2,1-5H3/b8-6-,12-7-,17-10+,30-13-,32-15+. The van der Waals surface area contributed by atoms with E-state index in [0.29, 0.717) is 0 Å². The predicted octanol–water partition coefficient (Wildman–Crippen LogP) is 8.65. The number of fused-ring (bicyclic) bond motifs is 1.